The standard InChI is InChI=1S/C17H18N4O2S/c22-15(7-6-13-4-2-1-3-5-13)21-10-8-14(9-11-21)16(23)19-17-20-18-12-24-17/h1-7,12,14H,8-11H2,(H,19,20,23)/b7-6+. The summed E-state index contributed by atoms with van der Waals surface area (Å²) in [5, 5.41) is 10.8. The molecule has 0 atom stereocenters. The molecule has 1 aromatic heterocycles. The third-order valence-electron chi connectivity index (χ3n) is 3.99. The fourth-order valence-corrected chi connectivity index (χ4v) is 3.08. The second-order valence-electron chi connectivity index (χ2n) is 5.58. The average Bonchev–Trinajstić information content (AvgIpc) is 3.13. The number of benzene rings is 1. The van der Waals surface area contributed by atoms with E-state index in [1.165, 1.54) is 11.3 Å². The molecule has 124 valence electrons. The van der Waals surface area contributed by atoms with Gasteiger partial charge in [-0.1, -0.05) is 41.7 Å². The van der Waals surface area contributed by atoms with Crippen molar-refractivity contribution in [1.29, 1.82) is 0 Å². The monoisotopic (exact) mass is 342 g/mol. The van der Waals surface area contributed by atoms with E-state index in [2.05, 4.69) is 15.5 Å². The van der Waals surface area contributed by atoms with Crippen LogP contribution in [0, 0.1) is 5.92 Å². The highest BCUT2D eigenvalue weighted by Gasteiger charge is 2.26. The summed E-state index contributed by atoms with van der Waals surface area (Å²) in [4.78, 5) is 26.2. The molecular formula is C17H18N4O2S. The molecule has 1 saturated heterocycles. The highest BCUT2D eigenvalue weighted by atomic mass is 32.1. The fraction of sp³-hybridized carbons (Fsp3) is 0.294. The van der Waals surface area contributed by atoms with Gasteiger partial charge in [-0.15, -0.1) is 10.2 Å². The van der Waals surface area contributed by atoms with Crippen molar-refractivity contribution in [3.63, 3.8) is 0 Å². The summed E-state index contributed by atoms with van der Waals surface area (Å²) in [5.41, 5.74) is 2.58. The van der Waals surface area contributed by atoms with E-state index in [0.29, 0.717) is 31.1 Å². The zero-order valence-corrected chi connectivity index (χ0v) is 13.9. The summed E-state index contributed by atoms with van der Waals surface area (Å²) in [7, 11) is 0. The number of piperidine rings is 1. The summed E-state index contributed by atoms with van der Waals surface area (Å²) in [6, 6.07) is 9.72. The van der Waals surface area contributed by atoms with E-state index in [1.807, 2.05) is 36.4 Å². The van der Waals surface area contributed by atoms with Gasteiger partial charge in [0.1, 0.15) is 5.51 Å². The van der Waals surface area contributed by atoms with Crippen LogP contribution in [-0.2, 0) is 9.59 Å². The zero-order valence-electron chi connectivity index (χ0n) is 13.1. The molecule has 0 bridgehead atoms. The third-order valence-corrected chi connectivity index (χ3v) is 4.59. The van der Waals surface area contributed by atoms with Crippen LogP contribution in [-0.4, -0.2) is 40.0 Å². The van der Waals surface area contributed by atoms with Crippen LogP contribution in [0.1, 0.15) is 18.4 Å². The molecule has 2 amide bonds. The first-order valence-electron chi connectivity index (χ1n) is 7.81. The number of carbonyl (C=O) groups is 2. The van der Waals surface area contributed by atoms with E-state index in [4.69, 9.17) is 0 Å². The Labute approximate surface area is 144 Å². The minimum atomic E-state index is -0.0870. The van der Waals surface area contributed by atoms with Crippen molar-refractivity contribution in [2.75, 3.05) is 18.4 Å². The van der Waals surface area contributed by atoms with E-state index in [0.717, 1.165) is 5.56 Å². The molecule has 0 saturated carbocycles. The Morgan fingerprint density at radius 3 is 2.62 bits per heavy atom. The summed E-state index contributed by atoms with van der Waals surface area (Å²) in [6.45, 7) is 1.18. The van der Waals surface area contributed by atoms with Gasteiger partial charge < -0.3 is 10.2 Å². The Hall–Kier alpha value is -2.54. The number of nitrogens with one attached hydrogen (secondary N) is 1. The minimum absolute atomic E-state index is 0.0122. The lowest BCUT2D eigenvalue weighted by Gasteiger charge is -2.30. The quantitative estimate of drug-likeness (QED) is 0.866. The van der Waals surface area contributed by atoms with Crippen molar-refractivity contribution >= 4 is 34.4 Å². The first kappa shape index (κ1) is 16.3. The molecule has 2 heterocycles. The molecule has 0 spiro atoms. The van der Waals surface area contributed by atoms with Crippen molar-refractivity contribution in [2.45, 2.75) is 12.8 Å². The topological polar surface area (TPSA) is 75.2 Å². The van der Waals surface area contributed by atoms with Crippen molar-refractivity contribution in [3.05, 3.63) is 47.5 Å². The van der Waals surface area contributed by atoms with Crippen molar-refractivity contribution in [1.82, 2.24) is 15.1 Å². The van der Waals surface area contributed by atoms with Gasteiger partial charge in [-0.25, -0.2) is 0 Å². The number of hydrogen-bond donors (Lipinski definition) is 1. The predicted molar refractivity (Wildman–Crippen MR) is 93.3 cm³/mol. The van der Waals surface area contributed by atoms with Crippen LogP contribution in [0.2, 0.25) is 0 Å². The minimum Gasteiger partial charge on any atom is -0.339 e. The summed E-state index contributed by atoms with van der Waals surface area (Å²) in [5.74, 6) is -0.142. The van der Waals surface area contributed by atoms with Gasteiger partial charge in [-0.05, 0) is 24.5 Å². The van der Waals surface area contributed by atoms with E-state index in [9.17, 15) is 9.59 Å². The van der Waals surface area contributed by atoms with Crippen molar-refractivity contribution in [2.24, 2.45) is 5.92 Å². The van der Waals surface area contributed by atoms with Gasteiger partial charge in [-0.2, -0.15) is 0 Å². The van der Waals surface area contributed by atoms with Crippen LogP contribution < -0.4 is 5.32 Å². The molecule has 2 aromatic rings. The Balaban J connectivity index is 1.48. The van der Waals surface area contributed by atoms with Gasteiger partial charge in [0.2, 0.25) is 16.9 Å². The smallest absolute Gasteiger partial charge is 0.246 e. The van der Waals surface area contributed by atoms with Crippen LogP contribution in [0.3, 0.4) is 0 Å². The normalized spacial score (nSPS) is 15.6. The van der Waals surface area contributed by atoms with E-state index in [1.54, 1.807) is 16.5 Å². The molecule has 3 rings (SSSR count). The maximum Gasteiger partial charge on any atom is 0.246 e. The molecule has 1 aromatic carbocycles. The largest absolute Gasteiger partial charge is 0.339 e. The number of nitrogens with zero attached hydrogens (tertiary/aromatic N) is 3. The molecule has 1 fully saturated rings. The lowest BCUT2D eigenvalue weighted by molar-refractivity contribution is -0.130. The lowest BCUT2D eigenvalue weighted by atomic mass is 9.96. The SMILES string of the molecule is O=C(Nc1nncs1)C1CCN(C(=O)/C=C/c2ccccc2)CC1. The number of amides is 2. The molecule has 0 radical (unpaired) electrons. The van der Waals surface area contributed by atoms with Crippen LogP contribution >= 0.6 is 11.3 Å². The molecule has 7 heteroatoms. The maximum atomic E-state index is 12.2. The first-order chi connectivity index (χ1) is 11.7. The number of carbonyl (C=O) groups excluding carboxylic acids is 2. The highest BCUT2D eigenvalue weighted by molar-refractivity contribution is 7.13. The van der Waals surface area contributed by atoms with Crippen LogP contribution in [0.5, 0.6) is 0 Å². The predicted octanol–water partition coefficient (Wildman–Crippen LogP) is 2.43. The Bertz CT molecular complexity index is 707. The van der Waals surface area contributed by atoms with Crippen molar-refractivity contribution in [3.8, 4) is 0 Å². The van der Waals surface area contributed by atoms with Crippen LogP contribution in [0.4, 0.5) is 5.13 Å². The second kappa shape index (κ2) is 7.83. The van der Waals surface area contributed by atoms with E-state index in [-0.39, 0.29) is 17.7 Å². The van der Waals surface area contributed by atoms with Crippen molar-refractivity contribution < 1.29 is 9.59 Å². The Morgan fingerprint density at radius 1 is 1.21 bits per heavy atom. The maximum absolute atomic E-state index is 12.2. The summed E-state index contributed by atoms with van der Waals surface area (Å²) in [6.07, 6.45) is 4.73. The van der Waals surface area contributed by atoms with Crippen LogP contribution in [0.15, 0.2) is 41.9 Å². The van der Waals surface area contributed by atoms with Gasteiger partial charge in [0, 0.05) is 25.1 Å². The Morgan fingerprint density at radius 2 is 1.96 bits per heavy atom. The zero-order chi connectivity index (χ0) is 16.8. The van der Waals surface area contributed by atoms with Gasteiger partial charge >= 0.3 is 0 Å². The van der Waals surface area contributed by atoms with Crippen LogP contribution in [0.25, 0.3) is 6.08 Å². The highest BCUT2D eigenvalue weighted by Crippen LogP contribution is 2.20. The van der Waals surface area contributed by atoms with Gasteiger partial charge in [0.05, 0.1) is 0 Å². The number of hydrogen-bond acceptors (Lipinski definition) is 5. The Kier molecular flexibility index (Phi) is 5.32. The summed E-state index contributed by atoms with van der Waals surface area (Å²) < 4.78 is 0. The van der Waals surface area contributed by atoms with E-state index < -0.39 is 0 Å². The summed E-state index contributed by atoms with van der Waals surface area (Å²) >= 11 is 1.30. The molecule has 1 aliphatic rings. The average molecular weight is 342 g/mol. The first-order valence-corrected chi connectivity index (χ1v) is 8.69. The van der Waals surface area contributed by atoms with Gasteiger partial charge in [0.25, 0.3) is 0 Å². The molecule has 0 unspecified atom stereocenters. The number of anilines is 1. The third kappa shape index (κ3) is 4.26. The van der Waals surface area contributed by atoms with Gasteiger partial charge in [-0.3, -0.25) is 9.59 Å². The number of rotatable bonds is 4. The number of aromatic nitrogens is 2. The fourth-order valence-electron chi connectivity index (χ4n) is 2.63. The van der Waals surface area contributed by atoms with E-state index >= 15 is 0 Å². The molecule has 1 N–H and O–H groups in total. The molecular weight excluding hydrogens is 324 g/mol. The molecule has 6 nitrogen and oxygen atoms in total. The molecule has 24 heavy (non-hydrogen) atoms. The lowest BCUT2D eigenvalue weighted by Crippen LogP contribution is -2.40. The number of likely N-dealkylation sites (tertiary alicyclic amines) is 1. The van der Waals surface area contributed by atoms with Gasteiger partial charge in [0.15, 0.2) is 0 Å². The molecule has 1 aliphatic heterocycles. The second-order valence-corrected chi connectivity index (χ2v) is 6.41. The molecule has 0 aliphatic carbocycles.